The summed E-state index contributed by atoms with van der Waals surface area (Å²) >= 11 is 0. The van der Waals surface area contributed by atoms with Crippen LogP contribution in [0, 0.1) is 11.3 Å². The van der Waals surface area contributed by atoms with Gasteiger partial charge in [-0.15, -0.1) is 13.2 Å². The van der Waals surface area contributed by atoms with Gasteiger partial charge in [0, 0.05) is 13.1 Å². The summed E-state index contributed by atoms with van der Waals surface area (Å²) in [5.41, 5.74) is -1.53. The lowest BCUT2D eigenvalue weighted by atomic mass is 9.79. The quantitative estimate of drug-likeness (QED) is 0.140. The lowest BCUT2D eigenvalue weighted by Crippen LogP contribution is -2.64. The molecule has 4 atom stereocenters. The number of hydrogen-bond acceptors (Lipinski definition) is 7. The van der Waals surface area contributed by atoms with Crippen molar-refractivity contribution < 1.29 is 32.4 Å². The zero-order valence-electron chi connectivity index (χ0n) is 30.2. The zero-order valence-corrected chi connectivity index (χ0v) is 31.0. The number of rotatable bonds is 16. The Bertz CT molecular complexity index is 1370. The first-order valence-corrected chi connectivity index (χ1v) is 19.6. The molecule has 5 amide bonds. The van der Waals surface area contributed by atoms with Crippen molar-refractivity contribution in [2.75, 3.05) is 18.8 Å². The molecule has 276 valence electrons. The molecular formula is C36H59N5O7S. The Kier molecular flexibility index (Phi) is 13.7. The number of hydrogen-bond donors (Lipinski definition) is 4. The van der Waals surface area contributed by atoms with Crippen molar-refractivity contribution in [1.29, 1.82) is 0 Å². The summed E-state index contributed by atoms with van der Waals surface area (Å²) in [6.45, 7) is 16.7. The van der Waals surface area contributed by atoms with E-state index in [-0.39, 0.29) is 31.2 Å². The highest BCUT2D eigenvalue weighted by Gasteiger charge is 2.49. The molecule has 1 heterocycles. The third-order valence-corrected chi connectivity index (χ3v) is 14.0. The van der Waals surface area contributed by atoms with Crippen LogP contribution in [-0.2, 0) is 29.0 Å². The molecule has 4 N–H and O–H groups in total. The van der Waals surface area contributed by atoms with Crippen LogP contribution in [0.2, 0.25) is 0 Å². The Balaban J connectivity index is 1.86. The minimum Gasteiger partial charge on any atom is -0.346 e. The van der Waals surface area contributed by atoms with E-state index < -0.39 is 73.2 Å². The number of likely N-dealkylation sites (tertiary alicyclic amines) is 1. The minimum atomic E-state index is -3.57. The number of nitrogens with zero attached hydrogens (tertiary/aromatic N) is 1. The van der Waals surface area contributed by atoms with Gasteiger partial charge in [-0.3, -0.25) is 19.2 Å². The van der Waals surface area contributed by atoms with Gasteiger partial charge in [0.2, 0.25) is 17.6 Å². The molecule has 3 aliphatic rings. The van der Waals surface area contributed by atoms with E-state index in [2.05, 4.69) is 34.4 Å². The molecule has 0 bridgehead atoms. The predicted octanol–water partition coefficient (Wildman–Crippen LogP) is 3.71. The monoisotopic (exact) mass is 705 g/mol. The largest absolute Gasteiger partial charge is 0.346 e. The maximum absolute atomic E-state index is 14.5. The molecule has 12 nitrogen and oxygen atoms in total. The molecule has 2 saturated carbocycles. The van der Waals surface area contributed by atoms with E-state index >= 15 is 0 Å². The zero-order chi connectivity index (χ0) is 36.6. The number of amides is 5. The molecule has 49 heavy (non-hydrogen) atoms. The Morgan fingerprint density at radius 2 is 1.57 bits per heavy atom. The average molecular weight is 706 g/mol. The summed E-state index contributed by atoms with van der Waals surface area (Å²) in [4.78, 5) is 68.9. The third-order valence-electron chi connectivity index (χ3n) is 11.1. The number of ketones is 1. The highest BCUT2D eigenvalue weighted by Crippen LogP contribution is 2.42. The first-order chi connectivity index (χ1) is 22.9. The van der Waals surface area contributed by atoms with Crippen molar-refractivity contribution in [2.45, 2.75) is 140 Å². The van der Waals surface area contributed by atoms with Gasteiger partial charge in [0.25, 0.3) is 5.91 Å². The summed E-state index contributed by atoms with van der Waals surface area (Å²) in [5, 5.41) is 11.1. The number of Topliss-reactive ketones (excluding diaryl/α,β-unsaturated/α-hetero) is 1. The summed E-state index contributed by atoms with van der Waals surface area (Å²) in [5.74, 6) is -2.84. The molecule has 13 heteroatoms. The number of carbonyl (C=O) groups excluding carboxylic acids is 5. The lowest BCUT2D eigenvalue weighted by molar-refractivity contribution is -0.144. The van der Waals surface area contributed by atoms with Gasteiger partial charge in [-0.1, -0.05) is 65.0 Å². The molecule has 0 aromatic heterocycles. The van der Waals surface area contributed by atoms with Gasteiger partial charge in [-0.25, -0.2) is 13.2 Å². The van der Waals surface area contributed by atoms with Gasteiger partial charge in [-0.2, -0.15) is 0 Å². The third kappa shape index (κ3) is 9.73. The minimum absolute atomic E-state index is 0.0254. The van der Waals surface area contributed by atoms with Crippen LogP contribution in [0.4, 0.5) is 4.79 Å². The normalized spacial score (nSPS) is 23.1. The molecule has 2 aliphatic carbocycles. The van der Waals surface area contributed by atoms with Crippen molar-refractivity contribution in [3.8, 4) is 0 Å². The molecule has 0 aromatic carbocycles. The maximum atomic E-state index is 14.5. The van der Waals surface area contributed by atoms with Crippen molar-refractivity contribution in [2.24, 2.45) is 11.3 Å². The van der Waals surface area contributed by atoms with Crippen molar-refractivity contribution in [3.05, 3.63) is 25.3 Å². The number of carbonyl (C=O) groups is 5. The average Bonchev–Trinajstić information content (AvgIpc) is 3.67. The Hall–Kier alpha value is -3.22. The predicted molar refractivity (Wildman–Crippen MR) is 190 cm³/mol. The molecule has 1 aliphatic heterocycles. The van der Waals surface area contributed by atoms with Crippen LogP contribution < -0.4 is 21.3 Å². The molecular weight excluding hydrogens is 646 g/mol. The van der Waals surface area contributed by atoms with Gasteiger partial charge < -0.3 is 26.2 Å². The van der Waals surface area contributed by atoms with Gasteiger partial charge in [0.1, 0.15) is 18.1 Å². The van der Waals surface area contributed by atoms with Gasteiger partial charge in [0.15, 0.2) is 9.84 Å². The van der Waals surface area contributed by atoms with Gasteiger partial charge in [-0.05, 0) is 70.1 Å². The summed E-state index contributed by atoms with van der Waals surface area (Å²) in [6.07, 6.45) is 10.4. The highest BCUT2D eigenvalue weighted by molar-refractivity contribution is 7.92. The fourth-order valence-electron chi connectivity index (χ4n) is 7.51. The van der Waals surface area contributed by atoms with Crippen LogP contribution in [-0.4, -0.2) is 90.1 Å². The maximum Gasteiger partial charge on any atom is 0.315 e. The van der Waals surface area contributed by atoms with E-state index in [1.54, 1.807) is 13.8 Å². The van der Waals surface area contributed by atoms with E-state index in [0.717, 1.165) is 32.1 Å². The Morgan fingerprint density at radius 1 is 0.959 bits per heavy atom. The van der Waals surface area contributed by atoms with Crippen molar-refractivity contribution in [1.82, 2.24) is 26.2 Å². The molecule has 3 rings (SSSR count). The standard InChI is InChI=1S/C36H59N5O7S/c1-8-16-26(28(42)31(44)37-21-9-2)38-30(43)27-22-25(4)23-41(27)32(45)29(35(7)17-14-15-18-35)39-33(46)40-36(19-12-11-13-20-36)24-49(47,48)34(5,6)10-3/h8-9,25-27,29H,1-2,10-24H2,3-7H3,(H,37,44)(H,38,43)(H2,39,40,46)/t25-,26?,27+,29-/m1/s1. The first kappa shape index (κ1) is 40.2. The second kappa shape index (κ2) is 16.7. The van der Waals surface area contributed by atoms with E-state index in [0.29, 0.717) is 38.5 Å². The second-order valence-electron chi connectivity index (χ2n) is 15.4. The molecule has 1 saturated heterocycles. The van der Waals surface area contributed by atoms with E-state index in [9.17, 15) is 32.4 Å². The SMILES string of the molecule is C=CCNC(=O)C(=O)C(CC=C)NC(=O)[C@@H]1C[C@@H](C)CN1C(=O)[C@@H](NC(=O)NC1(CS(=O)(=O)C(C)(C)CC)CCCCC1)C1(C)CCCC1. The number of sulfone groups is 1. The van der Waals surface area contributed by atoms with Crippen molar-refractivity contribution in [3.63, 3.8) is 0 Å². The summed E-state index contributed by atoms with van der Waals surface area (Å²) in [6, 6.07) is -3.62. The smallest absolute Gasteiger partial charge is 0.315 e. The molecule has 1 unspecified atom stereocenters. The molecule has 0 radical (unpaired) electrons. The molecule has 0 aromatic rings. The van der Waals surface area contributed by atoms with Crippen LogP contribution in [0.1, 0.15) is 112 Å². The van der Waals surface area contributed by atoms with E-state index in [1.165, 1.54) is 17.1 Å². The molecule has 0 spiro atoms. The summed E-state index contributed by atoms with van der Waals surface area (Å²) in [7, 11) is -3.57. The highest BCUT2D eigenvalue weighted by atomic mass is 32.2. The Morgan fingerprint density at radius 3 is 2.14 bits per heavy atom. The van der Waals surface area contributed by atoms with E-state index in [1.807, 2.05) is 20.8 Å². The van der Waals surface area contributed by atoms with Crippen LogP contribution in [0.25, 0.3) is 0 Å². The van der Waals surface area contributed by atoms with Crippen LogP contribution in [0.5, 0.6) is 0 Å². The first-order valence-electron chi connectivity index (χ1n) is 17.9. The Labute approximate surface area is 293 Å². The van der Waals surface area contributed by atoms with Gasteiger partial charge in [0.05, 0.1) is 16.0 Å². The number of nitrogens with one attached hydrogen (secondary N) is 4. The van der Waals surface area contributed by atoms with Crippen LogP contribution in [0.15, 0.2) is 25.3 Å². The lowest BCUT2D eigenvalue weighted by Gasteiger charge is -2.42. The van der Waals surface area contributed by atoms with Crippen molar-refractivity contribution >= 4 is 39.4 Å². The molecule has 3 fully saturated rings. The topological polar surface area (TPSA) is 171 Å². The summed E-state index contributed by atoms with van der Waals surface area (Å²) < 4.78 is 26.2. The van der Waals surface area contributed by atoms with Crippen LogP contribution >= 0.6 is 0 Å². The fourth-order valence-corrected chi connectivity index (χ4v) is 9.43. The van der Waals surface area contributed by atoms with E-state index in [4.69, 9.17) is 0 Å². The number of urea groups is 1. The van der Waals surface area contributed by atoms with Gasteiger partial charge >= 0.3 is 6.03 Å². The second-order valence-corrected chi connectivity index (χ2v) is 18.0. The fraction of sp³-hybridized carbons (Fsp3) is 0.750. The van der Waals surface area contributed by atoms with Crippen LogP contribution in [0.3, 0.4) is 0 Å².